The minimum Gasteiger partial charge on any atom is -0.324 e. The number of nitrogens with one attached hydrogen (secondary N) is 4. The Labute approximate surface area is 156 Å². The van der Waals surface area contributed by atoms with E-state index in [1.807, 2.05) is 55.6 Å². The molecule has 2 aromatic carbocycles. The number of likely N-dealkylation sites (N-methyl/N-ethyl adjacent to an activating group) is 1. The molecule has 0 bridgehead atoms. The van der Waals surface area contributed by atoms with Crippen LogP contribution in [-0.4, -0.2) is 33.3 Å². The van der Waals surface area contributed by atoms with Gasteiger partial charge in [-0.3, -0.25) is 15.0 Å². The highest BCUT2D eigenvalue weighted by Gasteiger charge is 2.19. The van der Waals surface area contributed by atoms with Crippen LogP contribution in [0.4, 0.5) is 5.69 Å². The monoisotopic (exact) mass is 360 g/mol. The molecule has 0 saturated heterocycles. The lowest BCUT2D eigenvalue weighted by molar-refractivity contribution is -0.118. The van der Waals surface area contributed by atoms with E-state index in [9.17, 15) is 4.79 Å². The van der Waals surface area contributed by atoms with E-state index in [1.165, 1.54) is 0 Å². The lowest BCUT2D eigenvalue weighted by atomic mass is 10.0. The van der Waals surface area contributed by atoms with Crippen LogP contribution >= 0.6 is 0 Å². The van der Waals surface area contributed by atoms with Crippen molar-refractivity contribution in [3.63, 3.8) is 0 Å². The van der Waals surface area contributed by atoms with Gasteiger partial charge in [0.2, 0.25) is 5.91 Å². The van der Waals surface area contributed by atoms with Gasteiger partial charge in [0, 0.05) is 22.8 Å². The molecule has 0 spiro atoms. The molecule has 4 rings (SSSR count). The number of anilines is 1. The second kappa shape index (κ2) is 7.05. The van der Waals surface area contributed by atoms with E-state index in [4.69, 9.17) is 0 Å². The van der Waals surface area contributed by atoms with Crippen LogP contribution in [0.15, 0.2) is 54.9 Å². The molecule has 1 amide bonds. The average molecular weight is 360 g/mol. The number of carbonyl (C=O) groups is 1. The van der Waals surface area contributed by atoms with Gasteiger partial charge in [-0.1, -0.05) is 24.3 Å². The van der Waals surface area contributed by atoms with Gasteiger partial charge in [0.05, 0.1) is 17.4 Å². The molecule has 4 N–H and O–H groups in total. The number of hydrogen-bond donors (Lipinski definition) is 4. The van der Waals surface area contributed by atoms with Crippen LogP contribution in [0.5, 0.6) is 0 Å². The van der Waals surface area contributed by atoms with E-state index in [0.29, 0.717) is 0 Å². The van der Waals surface area contributed by atoms with E-state index in [0.717, 1.165) is 39.0 Å². The van der Waals surface area contributed by atoms with Crippen molar-refractivity contribution in [3.8, 4) is 11.1 Å². The first-order chi connectivity index (χ1) is 13.2. The minimum atomic E-state index is -0.466. The van der Waals surface area contributed by atoms with Crippen LogP contribution in [0.2, 0.25) is 0 Å². The highest BCUT2D eigenvalue weighted by molar-refractivity contribution is 5.96. The third-order valence-corrected chi connectivity index (χ3v) is 4.65. The van der Waals surface area contributed by atoms with Gasteiger partial charge in [0.25, 0.3) is 0 Å². The molecule has 2 aromatic heterocycles. The molecule has 0 aliphatic rings. The first kappa shape index (κ1) is 17.0. The summed E-state index contributed by atoms with van der Waals surface area (Å²) in [5, 5.41) is 21.1. The molecule has 4 aromatic rings. The summed E-state index contributed by atoms with van der Waals surface area (Å²) in [6.45, 7) is 1.95. The Kier molecular flexibility index (Phi) is 4.43. The summed E-state index contributed by atoms with van der Waals surface area (Å²) in [7, 11) is 1.77. The van der Waals surface area contributed by atoms with Crippen LogP contribution in [0.1, 0.15) is 17.3 Å². The largest absolute Gasteiger partial charge is 0.324 e. The molecule has 2 heterocycles. The molecule has 1 atom stereocenters. The molecule has 0 radical (unpaired) electrons. The highest BCUT2D eigenvalue weighted by Crippen LogP contribution is 2.23. The quantitative estimate of drug-likeness (QED) is 0.439. The predicted molar refractivity (Wildman–Crippen MR) is 105 cm³/mol. The SMILES string of the molecule is CNC(C(=O)Nc1ccc(-c2cn[nH]c2)cc1)c1ccc2c(C)n[nH]c2c1. The Bertz CT molecular complexity index is 1070. The Balaban J connectivity index is 1.52. The smallest absolute Gasteiger partial charge is 0.246 e. The summed E-state index contributed by atoms with van der Waals surface area (Å²) in [4.78, 5) is 12.8. The number of rotatable bonds is 5. The molecule has 0 saturated carbocycles. The number of fused-ring (bicyclic) bond motifs is 1. The molecule has 136 valence electrons. The van der Waals surface area contributed by atoms with E-state index >= 15 is 0 Å². The van der Waals surface area contributed by atoms with Crippen molar-refractivity contribution in [3.05, 3.63) is 66.1 Å². The van der Waals surface area contributed by atoms with Gasteiger partial charge in [-0.2, -0.15) is 10.2 Å². The van der Waals surface area contributed by atoms with Crippen molar-refractivity contribution in [1.29, 1.82) is 0 Å². The van der Waals surface area contributed by atoms with Gasteiger partial charge in [-0.15, -0.1) is 0 Å². The zero-order valence-corrected chi connectivity index (χ0v) is 15.1. The Morgan fingerprint density at radius 2 is 1.93 bits per heavy atom. The molecular formula is C20H20N6O. The van der Waals surface area contributed by atoms with Crippen LogP contribution in [-0.2, 0) is 4.79 Å². The van der Waals surface area contributed by atoms with Crippen molar-refractivity contribution in [2.24, 2.45) is 0 Å². The summed E-state index contributed by atoms with van der Waals surface area (Å²) >= 11 is 0. The number of carbonyl (C=O) groups excluding carboxylic acids is 1. The van der Waals surface area contributed by atoms with Crippen molar-refractivity contribution in [2.45, 2.75) is 13.0 Å². The lowest BCUT2D eigenvalue weighted by Crippen LogP contribution is -2.30. The number of H-pyrrole nitrogens is 2. The summed E-state index contributed by atoms with van der Waals surface area (Å²) in [5.41, 5.74) is 5.52. The summed E-state index contributed by atoms with van der Waals surface area (Å²) in [5.74, 6) is -0.121. The molecule has 7 heteroatoms. The van der Waals surface area contributed by atoms with Crippen molar-refractivity contribution >= 4 is 22.5 Å². The molecule has 0 aliphatic heterocycles. The number of aryl methyl sites for hydroxylation is 1. The molecule has 0 fully saturated rings. The molecular weight excluding hydrogens is 340 g/mol. The second-order valence-electron chi connectivity index (χ2n) is 6.39. The highest BCUT2D eigenvalue weighted by atomic mass is 16.2. The normalized spacial score (nSPS) is 12.2. The Morgan fingerprint density at radius 3 is 2.63 bits per heavy atom. The second-order valence-corrected chi connectivity index (χ2v) is 6.39. The maximum Gasteiger partial charge on any atom is 0.246 e. The van der Waals surface area contributed by atoms with Crippen LogP contribution in [0.25, 0.3) is 22.0 Å². The number of amides is 1. The molecule has 27 heavy (non-hydrogen) atoms. The zero-order valence-electron chi connectivity index (χ0n) is 15.1. The maximum atomic E-state index is 12.8. The fourth-order valence-corrected chi connectivity index (χ4v) is 3.17. The number of hydrogen-bond acceptors (Lipinski definition) is 4. The van der Waals surface area contributed by atoms with Gasteiger partial charge < -0.3 is 10.6 Å². The molecule has 7 nitrogen and oxygen atoms in total. The zero-order chi connectivity index (χ0) is 18.8. The van der Waals surface area contributed by atoms with Gasteiger partial charge >= 0.3 is 0 Å². The van der Waals surface area contributed by atoms with Gasteiger partial charge in [-0.25, -0.2) is 0 Å². The minimum absolute atomic E-state index is 0.121. The standard InChI is InChI=1S/C20H20N6O/c1-12-17-8-5-14(9-18(17)26-25-12)19(21-2)20(27)24-16-6-3-13(4-7-16)15-10-22-23-11-15/h3-11,19,21H,1-2H3,(H,22,23)(H,24,27)(H,25,26). The summed E-state index contributed by atoms with van der Waals surface area (Å²) < 4.78 is 0. The lowest BCUT2D eigenvalue weighted by Gasteiger charge is -2.17. The number of nitrogens with zero attached hydrogens (tertiary/aromatic N) is 2. The van der Waals surface area contributed by atoms with E-state index < -0.39 is 6.04 Å². The van der Waals surface area contributed by atoms with Crippen LogP contribution in [0, 0.1) is 6.92 Å². The fraction of sp³-hybridized carbons (Fsp3) is 0.150. The fourth-order valence-electron chi connectivity index (χ4n) is 3.17. The Morgan fingerprint density at radius 1 is 1.11 bits per heavy atom. The van der Waals surface area contributed by atoms with Gasteiger partial charge in [0.15, 0.2) is 0 Å². The van der Waals surface area contributed by atoms with E-state index in [-0.39, 0.29) is 5.91 Å². The summed E-state index contributed by atoms with van der Waals surface area (Å²) in [6, 6.07) is 13.1. The number of benzene rings is 2. The van der Waals surface area contributed by atoms with E-state index in [2.05, 4.69) is 31.0 Å². The average Bonchev–Trinajstić information content (AvgIpc) is 3.33. The Hall–Kier alpha value is -3.45. The molecule has 1 unspecified atom stereocenters. The third kappa shape index (κ3) is 3.32. The topological polar surface area (TPSA) is 98.5 Å². The maximum absolute atomic E-state index is 12.8. The first-order valence-corrected chi connectivity index (χ1v) is 8.67. The third-order valence-electron chi connectivity index (χ3n) is 4.65. The number of aromatic nitrogens is 4. The summed E-state index contributed by atoms with van der Waals surface area (Å²) in [6.07, 6.45) is 3.59. The number of aromatic amines is 2. The van der Waals surface area contributed by atoms with Gasteiger partial charge in [0.1, 0.15) is 6.04 Å². The van der Waals surface area contributed by atoms with Crippen molar-refractivity contribution < 1.29 is 4.79 Å². The predicted octanol–water partition coefficient (Wildman–Crippen LogP) is 3.16. The van der Waals surface area contributed by atoms with Crippen LogP contribution in [0.3, 0.4) is 0 Å². The van der Waals surface area contributed by atoms with Crippen molar-refractivity contribution in [1.82, 2.24) is 25.7 Å². The van der Waals surface area contributed by atoms with E-state index in [1.54, 1.807) is 13.2 Å². The van der Waals surface area contributed by atoms with Crippen molar-refractivity contribution in [2.75, 3.05) is 12.4 Å². The van der Waals surface area contributed by atoms with Gasteiger partial charge in [-0.05, 0) is 43.3 Å². The van der Waals surface area contributed by atoms with Crippen LogP contribution < -0.4 is 10.6 Å². The first-order valence-electron chi connectivity index (χ1n) is 8.67. The molecule has 0 aliphatic carbocycles.